The zero-order valence-corrected chi connectivity index (χ0v) is 18.8. The van der Waals surface area contributed by atoms with E-state index in [0.29, 0.717) is 43.2 Å². The summed E-state index contributed by atoms with van der Waals surface area (Å²) in [6, 6.07) is 10.7. The van der Waals surface area contributed by atoms with Crippen molar-refractivity contribution >= 4 is 17.4 Å². The molecule has 0 bridgehead atoms. The van der Waals surface area contributed by atoms with Crippen LogP contribution in [-0.4, -0.2) is 78.2 Å². The Balaban J connectivity index is 1.75. The Morgan fingerprint density at radius 2 is 1.79 bits per heavy atom. The number of aryl methyl sites for hydroxylation is 1. The number of ether oxygens (including phenoxy) is 2. The number of hydrogen-bond acceptors (Lipinski definition) is 7. The average Bonchev–Trinajstić information content (AvgIpc) is 3.08. The minimum atomic E-state index is -0.756. The molecule has 2 fully saturated rings. The molecule has 2 aromatic carbocycles. The number of nitrogens with zero attached hydrogens (tertiary/aromatic N) is 2. The van der Waals surface area contributed by atoms with E-state index in [4.69, 9.17) is 9.47 Å². The number of amides is 1. The van der Waals surface area contributed by atoms with Gasteiger partial charge in [0.2, 0.25) is 0 Å². The number of aliphatic hydroxyl groups is 1. The third kappa shape index (κ3) is 4.58. The minimum Gasteiger partial charge on any atom is -0.508 e. The van der Waals surface area contributed by atoms with Crippen molar-refractivity contribution in [2.24, 2.45) is 0 Å². The van der Waals surface area contributed by atoms with Crippen molar-refractivity contribution in [3.05, 3.63) is 64.7 Å². The molecule has 4 rings (SSSR count). The maximum atomic E-state index is 13.1. The summed E-state index contributed by atoms with van der Waals surface area (Å²) < 4.78 is 10.6. The summed E-state index contributed by atoms with van der Waals surface area (Å²) in [5.74, 6) is -0.877. The first-order chi connectivity index (χ1) is 15.9. The SMILES string of the molecule is COc1ccc(/C(O)=C2\C(=O)C(=O)N(CCN3CCOCC3)[C@H]2c2ccc(O)cc2)c(C)c1. The first-order valence-corrected chi connectivity index (χ1v) is 10.9. The van der Waals surface area contributed by atoms with E-state index >= 15 is 0 Å². The molecule has 1 amide bonds. The number of rotatable bonds is 6. The normalized spacial score (nSPS) is 20.9. The van der Waals surface area contributed by atoms with Crippen molar-refractivity contribution in [1.82, 2.24) is 9.80 Å². The van der Waals surface area contributed by atoms with Gasteiger partial charge in [0, 0.05) is 31.7 Å². The maximum Gasteiger partial charge on any atom is 0.295 e. The number of ketones is 1. The monoisotopic (exact) mass is 452 g/mol. The number of morpholine rings is 1. The Morgan fingerprint density at radius 1 is 1.09 bits per heavy atom. The highest BCUT2D eigenvalue weighted by Gasteiger charge is 2.46. The molecular formula is C25H28N2O6. The van der Waals surface area contributed by atoms with Crippen LogP contribution in [0.25, 0.3) is 5.76 Å². The summed E-state index contributed by atoms with van der Waals surface area (Å²) in [5, 5.41) is 21.0. The molecule has 2 heterocycles. The summed E-state index contributed by atoms with van der Waals surface area (Å²) in [7, 11) is 1.55. The predicted molar refractivity (Wildman–Crippen MR) is 122 cm³/mol. The molecule has 174 valence electrons. The van der Waals surface area contributed by atoms with Crippen LogP contribution in [-0.2, 0) is 14.3 Å². The number of phenolic OH excluding ortho intramolecular Hbond substituents is 1. The van der Waals surface area contributed by atoms with Gasteiger partial charge in [0.15, 0.2) is 0 Å². The number of phenols is 1. The van der Waals surface area contributed by atoms with Gasteiger partial charge in [0.1, 0.15) is 17.3 Å². The number of aromatic hydroxyl groups is 1. The molecule has 8 heteroatoms. The molecule has 2 aromatic rings. The Labute approximate surface area is 192 Å². The second-order valence-electron chi connectivity index (χ2n) is 8.22. The van der Waals surface area contributed by atoms with Crippen LogP contribution in [0, 0.1) is 6.92 Å². The van der Waals surface area contributed by atoms with Crippen LogP contribution in [0.3, 0.4) is 0 Å². The number of benzene rings is 2. The number of aliphatic hydroxyl groups excluding tert-OH is 1. The van der Waals surface area contributed by atoms with E-state index in [-0.39, 0.29) is 17.1 Å². The van der Waals surface area contributed by atoms with E-state index in [9.17, 15) is 19.8 Å². The molecule has 0 spiro atoms. The lowest BCUT2D eigenvalue weighted by Gasteiger charge is -2.31. The van der Waals surface area contributed by atoms with Crippen LogP contribution < -0.4 is 4.74 Å². The molecular weight excluding hydrogens is 424 g/mol. The third-order valence-electron chi connectivity index (χ3n) is 6.20. The molecule has 8 nitrogen and oxygen atoms in total. The Morgan fingerprint density at radius 3 is 2.42 bits per heavy atom. The van der Waals surface area contributed by atoms with Gasteiger partial charge in [-0.3, -0.25) is 14.5 Å². The number of carbonyl (C=O) groups excluding carboxylic acids is 2. The Bertz CT molecular complexity index is 1070. The van der Waals surface area contributed by atoms with E-state index in [0.717, 1.165) is 18.7 Å². The van der Waals surface area contributed by atoms with Gasteiger partial charge in [0.25, 0.3) is 11.7 Å². The standard InChI is InChI=1S/C25H28N2O6/c1-16-15-19(32-2)7-8-20(16)23(29)21-22(17-3-5-18(28)6-4-17)27(25(31)24(21)30)10-9-26-11-13-33-14-12-26/h3-8,15,22,28-29H,9-14H2,1-2H3/b23-21+/t22-/m0/s1. The number of likely N-dealkylation sites (tertiary alicyclic amines) is 1. The van der Waals surface area contributed by atoms with Gasteiger partial charge in [-0.2, -0.15) is 0 Å². The van der Waals surface area contributed by atoms with Crippen molar-refractivity contribution in [1.29, 1.82) is 0 Å². The lowest BCUT2D eigenvalue weighted by atomic mass is 9.94. The van der Waals surface area contributed by atoms with Gasteiger partial charge >= 0.3 is 0 Å². The van der Waals surface area contributed by atoms with E-state index in [2.05, 4.69) is 4.90 Å². The molecule has 0 saturated carbocycles. The van der Waals surface area contributed by atoms with Crippen molar-refractivity contribution in [2.45, 2.75) is 13.0 Å². The smallest absolute Gasteiger partial charge is 0.295 e. The zero-order chi connectivity index (χ0) is 23.5. The molecule has 0 unspecified atom stereocenters. The molecule has 33 heavy (non-hydrogen) atoms. The quantitative estimate of drug-likeness (QED) is 0.395. The lowest BCUT2D eigenvalue weighted by molar-refractivity contribution is -0.140. The molecule has 2 N–H and O–H groups in total. The fourth-order valence-electron chi connectivity index (χ4n) is 4.36. The molecule has 0 aliphatic carbocycles. The van der Waals surface area contributed by atoms with Crippen molar-refractivity contribution < 1.29 is 29.3 Å². The van der Waals surface area contributed by atoms with Gasteiger partial charge in [-0.15, -0.1) is 0 Å². The van der Waals surface area contributed by atoms with Crippen LogP contribution in [0.2, 0.25) is 0 Å². The molecule has 0 aromatic heterocycles. The van der Waals surface area contributed by atoms with Crippen LogP contribution in [0.15, 0.2) is 48.0 Å². The Kier molecular flexibility index (Phi) is 6.67. The van der Waals surface area contributed by atoms with Crippen LogP contribution in [0.5, 0.6) is 11.5 Å². The van der Waals surface area contributed by atoms with Gasteiger partial charge in [-0.05, 0) is 48.4 Å². The Hall–Kier alpha value is -3.36. The number of carbonyl (C=O) groups is 2. The predicted octanol–water partition coefficient (Wildman–Crippen LogP) is 2.46. The lowest BCUT2D eigenvalue weighted by Crippen LogP contribution is -2.42. The van der Waals surface area contributed by atoms with Crippen molar-refractivity contribution in [3.8, 4) is 11.5 Å². The fraction of sp³-hybridized carbons (Fsp3) is 0.360. The van der Waals surface area contributed by atoms with Crippen molar-refractivity contribution in [3.63, 3.8) is 0 Å². The topological polar surface area (TPSA) is 99.5 Å². The number of methoxy groups -OCH3 is 1. The highest BCUT2D eigenvalue weighted by molar-refractivity contribution is 6.46. The van der Waals surface area contributed by atoms with E-state index < -0.39 is 17.7 Å². The fourth-order valence-corrected chi connectivity index (χ4v) is 4.36. The molecule has 2 saturated heterocycles. The first kappa shape index (κ1) is 22.8. The van der Waals surface area contributed by atoms with Crippen molar-refractivity contribution in [2.75, 3.05) is 46.5 Å². The van der Waals surface area contributed by atoms with Crippen LogP contribution in [0.1, 0.15) is 22.7 Å². The summed E-state index contributed by atoms with van der Waals surface area (Å²) in [6.45, 7) is 5.52. The zero-order valence-electron chi connectivity index (χ0n) is 18.8. The van der Waals surface area contributed by atoms with Crippen LogP contribution in [0.4, 0.5) is 0 Å². The van der Waals surface area contributed by atoms with Gasteiger partial charge in [-0.25, -0.2) is 0 Å². The second-order valence-corrected chi connectivity index (χ2v) is 8.22. The highest BCUT2D eigenvalue weighted by Crippen LogP contribution is 2.40. The molecule has 2 aliphatic rings. The minimum absolute atomic E-state index is 0.0425. The average molecular weight is 453 g/mol. The third-order valence-corrected chi connectivity index (χ3v) is 6.20. The molecule has 2 aliphatic heterocycles. The molecule has 1 atom stereocenters. The number of hydrogen-bond donors (Lipinski definition) is 2. The molecule has 0 radical (unpaired) electrons. The first-order valence-electron chi connectivity index (χ1n) is 10.9. The summed E-state index contributed by atoms with van der Waals surface area (Å²) >= 11 is 0. The summed E-state index contributed by atoms with van der Waals surface area (Å²) in [5.41, 5.74) is 1.87. The summed E-state index contributed by atoms with van der Waals surface area (Å²) in [6.07, 6.45) is 0. The van der Waals surface area contributed by atoms with E-state index in [1.807, 2.05) is 6.92 Å². The summed E-state index contributed by atoms with van der Waals surface area (Å²) in [4.78, 5) is 29.9. The second kappa shape index (κ2) is 9.64. The van der Waals surface area contributed by atoms with Gasteiger partial charge < -0.3 is 24.6 Å². The van der Waals surface area contributed by atoms with E-state index in [1.165, 1.54) is 17.0 Å². The van der Waals surface area contributed by atoms with Gasteiger partial charge in [0.05, 0.1) is 31.9 Å². The van der Waals surface area contributed by atoms with Crippen LogP contribution >= 0.6 is 0 Å². The largest absolute Gasteiger partial charge is 0.508 e. The van der Waals surface area contributed by atoms with Gasteiger partial charge in [-0.1, -0.05) is 12.1 Å². The highest BCUT2D eigenvalue weighted by atomic mass is 16.5. The number of Topliss-reactive ketones (excluding diaryl/α,β-unsaturated/α-hetero) is 1. The maximum absolute atomic E-state index is 13.1. The van der Waals surface area contributed by atoms with E-state index in [1.54, 1.807) is 37.4 Å².